The summed E-state index contributed by atoms with van der Waals surface area (Å²) in [6.07, 6.45) is 0. The van der Waals surface area contributed by atoms with Gasteiger partial charge in [0.15, 0.2) is 0 Å². The molecule has 0 spiro atoms. The molecule has 0 aromatic heterocycles. The number of halogens is 1. The van der Waals surface area contributed by atoms with E-state index in [1.54, 1.807) is 0 Å². The van der Waals surface area contributed by atoms with Gasteiger partial charge in [0.05, 0.1) is 6.54 Å². The largest absolute Gasteiger partial charge is 0.325 e. The number of hydrogen-bond acceptors (Lipinski definition) is 2. The van der Waals surface area contributed by atoms with Crippen LogP contribution >= 0.6 is 11.6 Å². The third kappa shape index (κ3) is 4.33. The van der Waals surface area contributed by atoms with Gasteiger partial charge in [-0.3, -0.25) is 4.79 Å². The van der Waals surface area contributed by atoms with Crippen LogP contribution in [0.15, 0.2) is 42.5 Å². The van der Waals surface area contributed by atoms with E-state index in [0.717, 1.165) is 16.8 Å². The van der Waals surface area contributed by atoms with Gasteiger partial charge < -0.3 is 10.6 Å². The molecular weight excluding hydrogens is 296 g/mol. The summed E-state index contributed by atoms with van der Waals surface area (Å²) in [6.45, 7) is 6.25. The van der Waals surface area contributed by atoms with Crippen molar-refractivity contribution in [1.29, 1.82) is 0 Å². The number of anilines is 1. The maximum absolute atomic E-state index is 12.1. The van der Waals surface area contributed by atoms with E-state index in [9.17, 15) is 4.79 Å². The molecule has 0 heterocycles. The van der Waals surface area contributed by atoms with E-state index in [4.69, 9.17) is 11.6 Å². The van der Waals surface area contributed by atoms with Crippen molar-refractivity contribution in [3.8, 4) is 0 Å². The molecule has 0 saturated heterocycles. The molecule has 0 saturated carbocycles. The minimum absolute atomic E-state index is 0.0126. The Morgan fingerprint density at radius 3 is 2.59 bits per heavy atom. The first-order valence-corrected chi connectivity index (χ1v) is 7.70. The second-order valence-electron chi connectivity index (χ2n) is 5.49. The van der Waals surface area contributed by atoms with Crippen molar-refractivity contribution < 1.29 is 4.79 Å². The van der Waals surface area contributed by atoms with Gasteiger partial charge in [0.25, 0.3) is 0 Å². The van der Waals surface area contributed by atoms with Crippen LogP contribution in [-0.4, -0.2) is 12.5 Å². The van der Waals surface area contributed by atoms with E-state index in [0.29, 0.717) is 5.02 Å². The zero-order valence-electron chi connectivity index (χ0n) is 13.1. The standard InChI is InChI=1S/C18H21ClN2O/c1-12-8-9-17(13(2)10-12)21-18(22)11-20-14(3)15-6-4-5-7-16(15)19/h4-10,14,20H,11H2,1-3H3,(H,21,22)/t14-/m0/s1. The zero-order valence-corrected chi connectivity index (χ0v) is 13.9. The van der Waals surface area contributed by atoms with Gasteiger partial charge in [-0.2, -0.15) is 0 Å². The number of aryl methyl sites for hydroxylation is 2. The molecule has 2 aromatic rings. The van der Waals surface area contributed by atoms with Gasteiger partial charge in [-0.1, -0.05) is 47.5 Å². The molecular formula is C18H21ClN2O. The molecule has 1 atom stereocenters. The van der Waals surface area contributed by atoms with Gasteiger partial charge >= 0.3 is 0 Å². The van der Waals surface area contributed by atoms with E-state index in [2.05, 4.69) is 16.7 Å². The molecule has 3 nitrogen and oxygen atoms in total. The predicted molar refractivity (Wildman–Crippen MR) is 92.4 cm³/mol. The van der Waals surface area contributed by atoms with Crippen molar-refractivity contribution in [3.63, 3.8) is 0 Å². The Labute approximate surface area is 136 Å². The molecule has 0 aliphatic rings. The van der Waals surface area contributed by atoms with E-state index in [1.165, 1.54) is 5.56 Å². The number of benzene rings is 2. The fourth-order valence-corrected chi connectivity index (χ4v) is 2.63. The number of carbonyl (C=O) groups is 1. The summed E-state index contributed by atoms with van der Waals surface area (Å²) in [5.74, 6) is -0.0640. The van der Waals surface area contributed by atoms with Gasteiger partial charge in [0, 0.05) is 16.8 Å². The minimum atomic E-state index is -0.0640. The quantitative estimate of drug-likeness (QED) is 0.866. The summed E-state index contributed by atoms with van der Waals surface area (Å²) in [4.78, 5) is 12.1. The Bertz CT molecular complexity index is 670. The molecule has 116 valence electrons. The van der Waals surface area contributed by atoms with Crippen LogP contribution in [0.5, 0.6) is 0 Å². The average molecular weight is 317 g/mol. The van der Waals surface area contributed by atoms with Crippen LogP contribution in [0, 0.1) is 13.8 Å². The lowest BCUT2D eigenvalue weighted by Crippen LogP contribution is -2.30. The highest BCUT2D eigenvalue weighted by molar-refractivity contribution is 6.31. The molecule has 0 unspecified atom stereocenters. The highest BCUT2D eigenvalue weighted by Crippen LogP contribution is 2.22. The first-order chi connectivity index (χ1) is 10.5. The topological polar surface area (TPSA) is 41.1 Å². The van der Waals surface area contributed by atoms with Gasteiger partial charge in [0.2, 0.25) is 5.91 Å². The smallest absolute Gasteiger partial charge is 0.238 e. The van der Waals surface area contributed by atoms with E-state index < -0.39 is 0 Å². The highest BCUT2D eigenvalue weighted by Gasteiger charge is 2.11. The molecule has 2 rings (SSSR count). The van der Waals surface area contributed by atoms with Crippen molar-refractivity contribution in [1.82, 2.24) is 5.32 Å². The molecule has 0 bridgehead atoms. The van der Waals surface area contributed by atoms with E-state index in [-0.39, 0.29) is 18.5 Å². The maximum Gasteiger partial charge on any atom is 0.238 e. The van der Waals surface area contributed by atoms with Crippen molar-refractivity contribution in [2.24, 2.45) is 0 Å². The molecule has 0 radical (unpaired) electrons. The second kappa shape index (κ2) is 7.43. The fraction of sp³-hybridized carbons (Fsp3) is 0.278. The van der Waals surface area contributed by atoms with Crippen LogP contribution < -0.4 is 10.6 Å². The highest BCUT2D eigenvalue weighted by atomic mass is 35.5. The summed E-state index contributed by atoms with van der Waals surface area (Å²) in [5.41, 5.74) is 4.08. The first-order valence-electron chi connectivity index (χ1n) is 7.32. The van der Waals surface area contributed by atoms with Crippen LogP contribution in [0.25, 0.3) is 0 Å². The molecule has 2 N–H and O–H groups in total. The maximum atomic E-state index is 12.1. The van der Waals surface area contributed by atoms with Crippen LogP contribution in [0.3, 0.4) is 0 Å². The van der Waals surface area contributed by atoms with Crippen molar-refractivity contribution >= 4 is 23.2 Å². The van der Waals surface area contributed by atoms with Crippen LogP contribution in [-0.2, 0) is 4.79 Å². The molecule has 22 heavy (non-hydrogen) atoms. The summed E-state index contributed by atoms with van der Waals surface area (Å²) >= 11 is 6.16. The first kappa shape index (κ1) is 16.5. The molecule has 0 aliphatic carbocycles. The lowest BCUT2D eigenvalue weighted by Gasteiger charge is -2.16. The summed E-state index contributed by atoms with van der Waals surface area (Å²) < 4.78 is 0. The summed E-state index contributed by atoms with van der Waals surface area (Å²) in [7, 11) is 0. The Kier molecular flexibility index (Phi) is 5.58. The van der Waals surface area contributed by atoms with Crippen molar-refractivity contribution in [2.75, 3.05) is 11.9 Å². The van der Waals surface area contributed by atoms with Gasteiger partial charge in [-0.25, -0.2) is 0 Å². The lowest BCUT2D eigenvalue weighted by molar-refractivity contribution is -0.115. The van der Waals surface area contributed by atoms with E-state index in [1.807, 2.05) is 57.2 Å². The van der Waals surface area contributed by atoms with Crippen LogP contribution in [0.2, 0.25) is 5.02 Å². The Balaban J connectivity index is 1.91. The molecule has 0 aliphatic heterocycles. The molecule has 2 aromatic carbocycles. The fourth-order valence-electron chi connectivity index (χ4n) is 2.33. The zero-order chi connectivity index (χ0) is 16.1. The third-order valence-corrected chi connectivity index (χ3v) is 3.94. The number of nitrogens with one attached hydrogen (secondary N) is 2. The van der Waals surface area contributed by atoms with Gasteiger partial charge in [-0.15, -0.1) is 0 Å². The molecule has 1 amide bonds. The monoisotopic (exact) mass is 316 g/mol. The minimum Gasteiger partial charge on any atom is -0.325 e. The third-order valence-electron chi connectivity index (χ3n) is 3.60. The normalized spacial score (nSPS) is 12.0. The van der Waals surface area contributed by atoms with E-state index >= 15 is 0 Å². The van der Waals surface area contributed by atoms with Crippen molar-refractivity contribution in [3.05, 3.63) is 64.2 Å². The lowest BCUT2D eigenvalue weighted by atomic mass is 10.1. The summed E-state index contributed by atoms with van der Waals surface area (Å²) in [5, 5.41) is 6.82. The number of hydrogen-bond donors (Lipinski definition) is 2. The van der Waals surface area contributed by atoms with Gasteiger partial charge in [-0.05, 0) is 44.0 Å². The van der Waals surface area contributed by atoms with Crippen molar-refractivity contribution in [2.45, 2.75) is 26.8 Å². The molecule has 4 heteroatoms. The van der Waals surface area contributed by atoms with Gasteiger partial charge in [0.1, 0.15) is 0 Å². The number of rotatable bonds is 5. The SMILES string of the molecule is Cc1ccc(NC(=O)CN[C@@H](C)c2ccccc2Cl)c(C)c1. The van der Waals surface area contributed by atoms with Crippen LogP contribution in [0.1, 0.15) is 29.7 Å². The molecule has 0 fully saturated rings. The average Bonchev–Trinajstić information content (AvgIpc) is 2.48. The number of carbonyl (C=O) groups excluding carboxylic acids is 1. The summed E-state index contributed by atoms with van der Waals surface area (Å²) in [6, 6.07) is 13.6. The second-order valence-corrected chi connectivity index (χ2v) is 5.90. The Morgan fingerprint density at radius 2 is 1.91 bits per heavy atom. The Hall–Kier alpha value is -1.84. The van der Waals surface area contributed by atoms with Crippen LogP contribution in [0.4, 0.5) is 5.69 Å². The Morgan fingerprint density at radius 1 is 1.18 bits per heavy atom. The number of amides is 1. The predicted octanol–water partition coefficient (Wildman–Crippen LogP) is 4.25.